The lowest BCUT2D eigenvalue weighted by molar-refractivity contribution is 0.249. The Kier molecular flexibility index (Phi) is 4.42. The summed E-state index contributed by atoms with van der Waals surface area (Å²) in [4.78, 5) is 12.5. The van der Waals surface area contributed by atoms with Crippen molar-refractivity contribution in [2.75, 3.05) is 37.4 Å². The monoisotopic (exact) mass is 355 g/mol. The molecule has 0 radical (unpaired) electrons. The fourth-order valence-corrected chi connectivity index (χ4v) is 3.45. The summed E-state index contributed by atoms with van der Waals surface area (Å²) < 4.78 is 16.3. The predicted octanol–water partition coefficient (Wildman–Crippen LogP) is 2.54. The van der Waals surface area contributed by atoms with E-state index in [1.807, 2.05) is 12.1 Å². The Morgan fingerprint density at radius 3 is 2.69 bits per heavy atom. The maximum atomic E-state index is 14.7. The molecule has 1 aromatic carbocycles. The van der Waals surface area contributed by atoms with E-state index in [1.54, 1.807) is 16.8 Å². The molecule has 1 aliphatic heterocycles. The zero-order valence-corrected chi connectivity index (χ0v) is 14.9. The third-order valence-corrected chi connectivity index (χ3v) is 4.94. The van der Waals surface area contributed by atoms with E-state index in [-0.39, 0.29) is 5.82 Å². The Morgan fingerprint density at radius 2 is 1.96 bits per heavy atom. The van der Waals surface area contributed by atoms with Crippen molar-refractivity contribution < 1.29 is 4.39 Å². The normalized spacial score (nSPS) is 15.8. The van der Waals surface area contributed by atoms with E-state index < -0.39 is 0 Å². The van der Waals surface area contributed by atoms with E-state index in [0.717, 1.165) is 25.9 Å². The lowest BCUT2D eigenvalue weighted by Crippen LogP contribution is -2.42. The molecule has 0 bridgehead atoms. The molecular formula is C18H22FN7. The SMILES string of the molecule is CN(C)C1CCN(c2ccc(Nc3ccnc4ncnn34)cc2F)CC1. The number of nitrogens with zero attached hydrogens (tertiary/aromatic N) is 6. The summed E-state index contributed by atoms with van der Waals surface area (Å²) >= 11 is 0. The molecular weight excluding hydrogens is 333 g/mol. The number of anilines is 3. The molecule has 0 saturated carbocycles. The summed E-state index contributed by atoms with van der Waals surface area (Å²) in [5.74, 6) is 0.962. The number of fused-ring (bicyclic) bond motifs is 1. The van der Waals surface area contributed by atoms with Gasteiger partial charge in [-0.15, -0.1) is 0 Å². The van der Waals surface area contributed by atoms with Crippen molar-refractivity contribution in [1.29, 1.82) is 0 Å². The van der Waals surface area contributed by atoms with Crippen LogP contribution in [0, 0.1) is 5.82 Å². The van der Waals surface area contributed by atoms with Crippen LogP contribution >= 0.6 is 0 Å². The number of piperidine rings is 1. The number of benzene rings is 1. The highest BCUT2D eigenvalue weighted by Crippen LogP contribution is 2.28. The topological polar surface area (TPSA) is 61.6 Å². The highest BCUT2D eigenvalue weighted by atomic mass is 19.1. The van der Waals surface area contributed by atoms with Gasteiger partial charge in [-0.05, 0) is 51.2 Å². The summed E-state index contributed by atoms with van der Waals surface area (Å²) in [7, 11) is 4.21. The van der Waals surface area contributed by atoms with Crippen LogP contribution in [0.1, 0.15) is 12.8 Å². The number of nitrogens with one attached hydrogen (secondary N) is 1. The van der Waals surface area contributed by atoms with Gasteiger partial charge in [0.2, 0.25) is 0 Å². The van der Waals surface area contributed by atoms with E-state index in [2.05, 4.69) is 44.3 Å². The fraction of sp³-hybridized carbons (Fsp3) is 0.389. The van der Waals surface area contributed by atoms with Gasteiger partial charge >= 0.3 is 0 Å². The first-order valence-corrected chi connectivity index (χ1v) is 8.74. The molecule has 3 heterocycles. The molecule has 8 heteroatoms. The maximum absolute atomic E-state index is 14.7. The van der Waals surface area contributed by atoms with Crippen LogP contribution < -0.4 is 10.2 Å². The van der Waals surface area contributed by atoms with Crippen molar-refractivity contribution >= 4 is 23.0 Å². The van der Waals surface area contributed by atoms with E-state index in [0.29, 0.717) is 29.0 Å². The van der Waals surface area contributed by atoms with Crippen molar-refractivity contribution in [3.8, 4) is 0 Å². The first-order valence-electron chi connectivity index (χ1n) is 8.74. The van der Waals surface area contributed by atoms with Crippen LogP contribution in [-0.2, 0) is 0 Å². The Hall–Kier alpha value is -2.74. The Balaban J connectivity index is 1.51. The molecule has 0 amide bonds. The van der Waals surface area contributed by atoms with Crippen molar-refractivity contribution in [2.45, 2.75) is 18.9 Å². The predicted molar refractivity (Wildman–Crippen MR) is 99.4 cm³/mol. The van der Waals surface area contributed by atoms with Crippen molar-refractivity contribution in [2.24, 2.45) is 0 Å². The van der Waals surface area contributed by atoms with Crippen LogP contribution in [0.25, 0.3) is 5.78 Å². The second kappa shape index (κ2) is 6.87. The molecule has 0 spiro atoms. The minimum absolute atomic E-state index is 0.220. The third kappa shape index (κ3) is 3.20. The maximum Gasteiger partial charge on any atom is 0.254 e. The third-order valence-electron chi connectivity index (χ3n) is 4.94. The quantitative estimate of drug-likeness (QED) is 0.776. The Labute approximate surface area is 151 Å². The molecule has 136 valence electrons. The number of aromatic nitrogens is 4. The van der Waals surface area contributed by atoms with Gasteiger partial charge in [0.1, 0.15) is 18.0 Å². The summed E-state index contributed by atoms with van der Waals surface area (Å²) in [6, 6.07) is 7.61. The van der Waals surface area contributed by atoms with Crippen LogP contribution in [0.3, 0.4) is 0 Å². The second-order valence-electron chi connectivity index (χ2n) is 6.77. The highest BCUT2D eigenvalue weighted by molar-refractivity contribution is 5.62. The molecule has 0 unspecified atom stereocenters. The zero-order valence-electron chi connectivity index (χ0n) is 14.9. The number of halogens is 1. The standard InChI is InChI=1S/C18H22FN7/c1-24(2)14-6-9-25(10-7-14)16-4-3-13(11-15(16)19)23-17-5-8-20-18-21-12-22-26(17)18/h3-5,8,11-12,14,23H,6-7,9-10H2,1-2H3. The lowest BCUT2D eigenvalue weighted by Gasteiger charge is -2.36. The van der Waals surface area contributed by atoms with Crippen LogP contribution in [0.15, 0.2) is 36.8 Å². The molecule has 1 N–H and O–H groups in total. The zero-order chi connectivity index (χ0) is 18.1. The van der Waals surface area contributed by atoms with E-state index in [1.165, 1.54) is 12.4 Å². The summed E-state index contributed by atoms with van der Waals surface area (Å²) in [5.41, 5.74) is 1.32. The van der Waals surface area contributed by atoms with Gasteiger partial charge in [-0.2, -0.15) is 14.6 Å². The van der Waals surface area contributed by atoms with Gasteiger partial charge < -0.3 is 15.1 Å². The molecule has 1 aliphatic rings. The highest BCUT2D eigenvalue weighted by Gasteiger charge is 2.22. The molecule has 4 rings (SSSR count). The molecule has 26 heavy (non-hydrogen) atoms. The number of hydrogen-bond donors (Lipinski definition) is 1. The Morgan fingerprint density at radius 1 is 1.15 bits per heavy atom. The van der Waals surface area contributed by atoms with Gasteiger partial charge in [-0.25, -0.2) is 9.37 Å². The van der Waals surface area contributed by atoms with Gasteiger partial charge in [-0.3, -0.25) is 0 Å². The van der Waals surface area contributed by atoms with Crippen molar-refractivity contribution in [1.82, 2.24) is 24.5 Å². The molecule has 1 saturated heterocycles. The summed E-state index contributed by atoms with van der Waals surface area (Å²) in [6.07, 6.45) is 5.18. The lowest BCUT2D eigenvalue weighted by atomic mass is 10.0. The average molecular weight is 355 g/mol. The van der Waals surface area contributed by atoms with Crippen LogP contribution in [0.4, 0.5) is 21.6 Å². The van der Waals surface area contributed by atoms with Gasteiger partial charge in [-0.1, -0.05) is 0 Å². The van der Waals surface area contributed by atoms with E-state index in [4.69, 9.17) is 0 Å². The van der Waals surface area contributed by atoms with E-state index in [9.17, 15) is 4.39 Å². The van der Waals surface area contributed by atoms with Crippen LogP contribution in [0.5, 0.6) is 0 Å². The molecule has 0 aliphatic carbocycles. The smallest absolute Gasteiger partial charge is 0.254 e. The van der Waals surface area contributed by atoms with Crippen LogP contribution in [0.2, 0.25) is 0 Å². The number of hydrogen-bond acceptors (Lipinski definition) is 6. The van der Waals surface area contributed by atoms with Gasteiger partial charge in [0, 0.05) is 31.0 Å². The van der Waals surface area contributed by atoms with Crippen molar-refractivity contribution in [3.05, 3.63) is 42.6 Å². The second-order valence-corrected chi connectivity index (χ2v) is 6.77. The Bertz CT molecular complexity index is 899. The molecule has 7 nitrogen and oxygen atoms in total. The minimum atomic E-state index is -0.220. The first kappa shape index (κ1) is 16.7. The number of rotatable bonds is 4. The minimum Gasteiger partial charge on any atom is -0.369 e. The van der Waals surface area contributed by atoms with Crippen LogP contribution in [-0.4, -0.2) is 57.7 Å². The molecule has 3 aromatic rings. The van der Waals surface area contributed by atoms with Gasteiger partial charge in [0.25, 0.3) is 5.78 Å². The van der Waals surface area contributed by atoms with Crippen molar-refractivity contribution in [3.63, 3.8) is 0 Å². The molecule has 0 atom stereocenters. The van der Waals surface area contributed by atoms with Gasteiger partial charge in [0.05, 0.1) is 5.69 Å². The van der Waals surface area contributed by atoms with E-state index >= 15 is 0 Å². The average Bonchev–Trinajstić information content (AvgIpc) is 3.12. The first-order chi connectivity index (χ1) is 12.6. The molecule has 2 aromatic heterocycles. The fourth-order valence-electron chi connectivity index (χ4n) is 3.45. The summed E-state index contributed by atoms with van der Waals surface area (Å²) in [5, 5.41) is 7.31. The summed E-state index contributed by atoms with van der Waals surface area (Å²) in [6.45, 7) is 1.74. The molecule has 1 fully saturated rings. The van der Waals surface area contributed by atoms with Gasteiger partial charge in [0.15, 0.2) is 0 Å². The largest absolute Gasteiger partial charge is 0.369 e.